The van der Waals surface area contributed by atoms with Gasteiger partial charge < -0.3 is 9.47 Å². The van der Waals surface area contributed by atoms with Gasteiger partial charge in [0.1, 0.15) is 0 Å². The molecule has 2 heterocycles. The molecule has 0 bridgehead atoms. The minimum absolute atomic E-state index is 0.183. The third-order valence-corrected chi connectivity index (χ3v) is 12.5. The van der Waals surface area contributed by atoms with Crippen LogP contribution >= 0.6 is 0 Å². The highest BCUT2D eigenvalue weighted by atomic mass is 15.2. The fourth-order valence-electron chi connectivity index (χ4n) is 9.80. The molecule has 11 rings (SSSR count). The highest BCUT2D eigenvalue weighted by molar-refractivity contribution is 6.18. The van der Waals surface area contributed by atoms with Crippen LogP contribution < -0.4 is 4.90 Å². The van der Waals surface area contributed by atoms with Gasteiger partial charge in [-0.25, -0.2) is 0 Å². The Kier molecular flexibility index (Phi) is 7.94. The van der Waals surface area contributed by atoms with Gasteiger partial charge in [-0.1, -0.05) is 170 Å². The molecule has 1 aliphatic rings. The van der Waals surface area contributed by atoms with Gasteiger partial charge in [-0.3, -0.25) is 0 Å². The molecule has 10 aromatic rings. The van der Waals surface area contributed by atoms with E-state index >= 15 is 0 Å². The maximum absolute atomic E-state index is 2.54. The summed E-state index contributed by atoms with van der Waals surface area (Å²) >= 11 is 0. The molecule has 58 heavy (non-hydrogen) atoms. The zero-order valence-corrected chi connectivity index (χ0v) is 32.7. The monoisotopic (exact) mass is 742 g/mol. The number of para-hydroxylation sites is 2. The Hall–Kier alpha value is -7.16. The number of anilines is 2. The average Bonchev–Trinajstić information content (AvgIpc) is 3.75. The smallest absolute Gasteiger partial charge is 0.0619 e. The molecular weight excluding hydrogens is 701 g/mol. The lowest BCUT2D eigenvalue weighted by atomic mass is 9.79. The molecule has 1 aromatic heterocycles. The summed E-state index contributed by atoms with van der Waals surface area (Å²) in [7, 11) is 0. The molecule has 2 nitrogen and oxygen atoms in total. The molecule has 276 valence electrons. The maximum Gasteiger partial charge on any atom is 0.0619 e. The van der Waals surface area contributed by atoms with Crippen molar-refractivity contribution in [2.45, 2.75) is 25.3 Å². The van der Waals surface area contributed by atoms with Gasteiger partial charge in [0.25, 0.3) is 0 Å². The molecular formula is C56H42N2. The summed E-state index contributed by atoms with van der Waals surface area (Å²) in [5, 5.41) is 5.08. The fourth-order valence-corrected chi connectivity index (χ4v) is 9.80. The normalized spacial score (nSPS) is 14.7. The van der Waals surface area contributed by atoms with E-state index in [2.05, 4.69) is 236 Å². The van der Waals surface area contributed by atoms with Crippen molar-refractivity contribution < 1.29 is 0 Å². The Labute approximate surface area is 339 Å². The molecule has 2 heteroatoms. The molecule has 0 fully saturated rings. The van der Waals surface area contributed by atoms with Crippen molar-refractivity contribution in [1.29, 1.82) is 0 Å². The van der Waals surface area contributed by atoms with Crippen LogP contribution in [0.1, 0.15) is 30.9 Å². The van der Waals surface area contributed by atoms with Crippen molar-refractivity contribution in [1.82, 2.24) is 4.57 Å². The standard InChI is InChI=1S/C56H42N2/c1-56(2)54(43-25-23-39(24-26-43)38-13-4-3-5-14-38)51-20-9-11-22-53(51)58(56)47-34-29-41(30-35-47)45-17-12-16-44(37-45)40-27-32-46(33-28-40)57-52-21-10-8-19-49(52)50-36-31-42-15-6-7-18-48(42)55(50)57/h3-37,54H,1-2H3. The van der Waals surface area contributed by atoms with E-state index in [9.17, 15) is 0 Å². The topological polar surface area (TPSA) is 8.17 Å². The summed E-state index contributed by atoms with van der Waals surface area (Å²) in [4.78, 5) is 2.54. The average molecular weight is 743 g/mol. The van der Waals surface area contributed by atoms with Crippen LogP contribution in [-0.4, -0.2) is 10.1 Å². The highest BCUT2D eigenvalue weighted by Gasteiger charge is 2.46. The van der Waals surface area contributed by atoms with E-state index in [-0.39, 0.29) is 11.5 Å². The third-order valence-electron chi connectivity index (χ3n) is 12.5. The van der Waals surface area contributed by atoms with E-state index in [1.807, 2.05) is 0 Å². The first kappa shape index (κ1) is 34.1. The van der Waals surface area contributed by atoms with Gasteiger partial charge in [0.05, 0.1) is 16.6 Å². The van der Waals surface area contributed by atoms with Crippen molar-refractivity contribution in [2.24, 2.45) is 0 Å². The second-order valence-electron chi connectivity index (χ2n) is 16.2. The second-order valence-corrected chi connectivity index (χ2v) is 16.2. The zero-order chi connectivity index (χ0) is 38.8. The second kappa shape index (κ2) is 13.5. The van der Waals surface area contributed by atoms with Crippen LogP contribution in [0.3, 0.4) is 0 Å². The van der Waals surface area contributed by atoms with Gasteiger partial charge in [0.15, 0.2) is 0 Å². The van der Waals surface area contributed by atoms with Crippen LogP contribution in [0.5, 0.6) is 0 Å². The van der Waals surface area contributed by atoms with E-state index in [4.69, 9.17) is 0 Å². The molecule has 9 aromatic carbocycles. The Morgan fingerprint density at radius 2 is 0.948 bits per heavy atom. The first-order valence-electron chi connectivity index (χ1n) is 20.3. The Balaban J connectivity index is 0.896. The maximum atomic E-state index is 2.54. The van der Waals surface area contributed by atoms with Gasteiger partial charge in [0, 0.05) is 39.1 Å². The summed E-state index contributed by atoms with van der Waals surface area (Å²) in [5.41, 5.74) is 16.0. The highest BCUT2D eigenvalue weighted by Crippen LogP contribution is 2.54. The number of fused-ring (bicyclic) bond motifs is 6. The fraction of sp³-hybridized carbons (Fsp3) is 0.0714. The van der Waals surface area contributed by atoms with E-state index in [1.165, 1.54) is 88.5 Å². The predicted molar refractivity (Wildman–Crippen MR) is 246 cm³/mol. The Morgan fingerprint density at radius 3 is 1.69 bits per heavy atom. The molecule has 1 unspecified atom stereocenters. The van der Waals surface area contributed by atoms with Crippen molar-refractivity contribution >= 4 is 44.0 Å². The molecule has 1 aliphatic heterocycles. The molecule has 0 spiro atoms. The van der Waals surface area contributed by atoms with E-state index in [1.54, 1.807) is 0 Å². The summed E-state index contributed by atoms with van der Waals surface area (Å²) in [6, 6.07) is 77.9. The number of rotatable bonds is 6. The van der Waals surface area contributed by atoms with Gasteiger partial charge in [-0.05, 0) is 106 Å². The van der Waals surface area contributed by atoms with Gasteiger partial charge in [-0.2, -0.15) is 0 Å². The van der Waals surface area contributed by atoms with Crippen LogP contribution in [-0.2, 0) is 0 Å². The van der Waals surface area contributed by atoms with E-state index in [0.29, 0.717) is 0 Å². The van der Waals surface area contributed by atoms with Crippen molar-refractivity contribution in [3.63, 3.8) is 0 Å². The van der Waals surface area contributed by atoms with E-state index in [0.717, 1.165) is 5.69 Å². The van der Waals surface area contributed by atoms with Crippen molar-refractivity contribution in [3.05, 3.63) is 223 Å². The molecule has 0 N–H and O–H groups in total. The zero-order valence-electron chi connectivity index (χ0n) is 32.7. The van der Waals surface area contributed by atoms with Crippen molar-refractivity contribution in [2.75, 3.05) is 4.90 Å². The number of benzene rings is 9. The molecule has 0 amide bonds. The third kappa shape index (κ3) is 5.48. The van der Waals surface area contributed by atoms with Gasteiger partial charge in [0.2, 0.25) is 0 Å². The first-order chi connectivity index (χ1) is 28.5. The quantitative estimate of drug-likeness (QED) is 0.165. The molecule has 1 atom stereocenters. The summed E-state index contributed by atoms with van der Waals surface area (Å²) < 4.78 is 2.43. The lowest BCUT2D eigenvalue weighted by Crippen LogP contribution is -2.40. The van der Waals surface area contributed by atoms with Crippen LogP contribution in [0, 0.1) is 0 Å². The van der Waals surface area contributed by atoms with Crippen LogP contribution in [0.2, 0.25) is 0 Å². The van der Waals surface area contributed by atoms with Crippen molar-refractivity contribution in [3.8, 4) is 39.1 Å². The Bertz CT molecular complexity index is 3120. The van der Waals surface area contributed by atoms with Gasteiger partial charge in [-0.15, -0.1) is 0 Å². The largest absolute Gasteiger partial charge is 0.335 e. The molecule has 0 radical (unpaired) electrons. The predicted octanol–water partition coefficient (Wildman–Crippen LogP) is 15.0. The summed E-state index contributed by atoms with van der Waals surface area (Å²) in [6.45, 7) is 4.77. The minimum atomic E-state index is -0.183. The number of nitrogens with zero attached hydrogens (tertiary/aromatic N) is 2. The van der Waals surface area contributed by atoms with Crippen LogP contribution in [0.4, 0.5) is 11.4 Å². The Morgan fingerprint density at radius 1 is 0.397 bits per heavy atom. The summed E-state index contributed by atoms with van der Waals surface area (Å²) in [5.74, 6) is 0.227. The number of aromatic nitrogens is 1. The molecule has 0 saturated carbocycles. The lowest BCUT2D eigenvalue weighted by molar-refractivity contribution is 0.478. The molecule has 0 saturated heterocycles. The number of hydrogen-bond acceptors (Lipinski definition) is 1. The minimum Gasteiger partial charge on any atom is -0.335 e. The van der Waals surface area contributed by atoms with Gasteiger partial charge >= 0.3 is 0 Å². The SMILES string of the molecule is CC1(C)C(c2ccc(-c3ccccc3)cc2)c2ccccc2N1c1ccc(-c2cccc(-c3ccc(-n4c5ccccc5c5ccc6ccccc6c54)cc3)c2)cc1. The lowest BCUT2D eigenvalue weighted by Gasteiger charge is -2.38. The summed E-state index contributed by atoms with van der Waals surface area (Å²) in [6.07, 6.45) is 0. The van der Waals surface area contributed by atoms with E-state index < -0.39 is 0 Å². The molecule has 0 aliphatic carbocycles. The van der Waals surface area contributed by atoms with Crippen LogP contribution in [0.25, 0.3) is 71.6 Å². The van der Waals surface area contributed by atoms with Crippen LogP contribution in [0.15, 0.2) is 212 Å². The number of hydrogen-bond donors (Lipinski definition) is 0. The first-order valence-corrected chi connectivity index (χ1v) is 20.3.